The predicted octanol–water partition coefficient (Wildman–Crippen LogP) is 4.89. The van der Waals surface area contributed by atoms with Crippen molar-refractivity contribution in [2.45, 2.75) is 77.2 Å². The summed E-state index contributed by atoms with van der Waals surface area (Å²) in [6.07, 6.45) is 9.15. The molecule has 3 rings (SSSR count). The van der Waals surface area contributed by atoms with Crippen molar-refractivity contribution in [2.24, 2.45) is 0 Å². The first-order valence-corrected chi connectivity index (χ1v) is 8.96. The molecule has 0 fully saturated rings. The molecule has 3 heterocycles. The summed E-state index contributed by atoms with van der Waals surface area (Å²) in [6, 6.07) is 0. The van der Waals surface area contributed by atoms with E-state index in [-0.39, 0.29) is 14.9 Å². The lowest BCUT2D eigenvalue weighted by Crippen LogP contribution is -1.85. The van der Waals surface area contributed by atoms with Gasteiger partial charge in [-0.2, -0.15) is 10.2 Å². The highest BCUT2D eigenvalue weighted by Crippen LogP contribution is 1.78. The number of nitrogens with zero attached hydrogens (tertiary/aromatic N) is 9. The molecule has 0 aliphatic heterocycles. The van der Waals surface area contributed by atoms with Crippen LogP contribution in [0.1, 0.15) is 73.7 Å². The molecule has 29 heavy (non-hydrogen) atoms. The van der Waals surface area contributed by atoms with Crippen molar-refractivity contribution in [3.05, 3.63) is 54.9 Å². The Bertz CT molecular complexity index is 505. The van der Waals surface area contributed by atoms with E-state index < -0.39 is 0 Å². The van der Waals surface area contributed by atoms with Gasteiger partial charge in [0.2, 0.25) is 0 Å². The van der Waals surface area contributed by atoms with Gasteiger partial charge in [-0.05, 0) is 20.8 Å². The molecule has 0 N–H and O–H groups in total. The number of rotatable bonds is 0. The first-order chi connectivity index (χ1) is 13.2. The predicted molar refractivity (Wildman–Crippen MR) is 121 cm³/mol. The third kappa shape index (κ3) is 30.0. The molecule has 0 unspecified atom stereocenters. The van der Waals surface area contributed by atoms with Crippen molar-refractivity contribution in [1.29, 1.82) is 0 Å². The minimum absolute atomic E-state index is 0. The molecule has 0 radical (unpaired) electrons. The van der Waals surface area contributed by atoms with E-state index in [1.54, 1.807) is 25.5 Å². The molecule has 0 amide bonds. The molecule has 0 bridgehead atoms. The molecule has 0 aliphatic rings. The highest BCUT2D eigenvalue weighted by atomic mass is 15.1. The maximum atomic E-state index is 3.81. The number of hydrogen-bond acceptors (Lipinski definition) is 9. The van der Waals surface area contributed by atoms with Gasteiger partial charge in [0.05, 0.1) is 18.1 Å². The fourth-order valence-electron chi connectivity index (χ4n) is 0.908. The highest BCUT2D eigenvalue weighted by Gasteiger charge is 1.77. The Labute approximate surface area is 178 Å². The monoisotopic (exact) mass is 407 g/mol. The van der Waals surface area contributed by atoms with Gasteiger partial charge in [-0.1, -0.05) is 56.4 Å². The van der Waals surface area contributed by atoms with Gasteiger partial charge in [-0.15, -0.1) is 10.2 Å². The standard InChI is InChI=1S/3C4H5N3.3C2H6.2CH4/c1-4-6-2-5-3-7-4;1-4-2-6-7-3-5-4;1-4-5-2-3-6-7-4;3*1-2;;/h3*2-3H,1H3;3*1-2H3;2*1H4. The summed E-state index contributed by atoms with van der Waals surface area (Å²) in [5.74, 6) is 1.47. The van der Waals surface area contributed by atoms with E-state index in [2.05, 4.69) is 45.3 Å². The fraction of sp³-hybridized carbons (Fsp3) is 0.550. The molecule has 0 spiro atoms. The van der Waals surface area contributed by atoms with Gasteiger partial charge in [0, 0.05) is 6.20 Å². The maximum absolute atomic E-state index is 3.81. The van der Waals surface area contributed by atoms with Crippen LogP contribution in [-0.2, 0) is 0 Å². The van der Waals surface area contributed by atoms with Gasteiger partial charge >= 0.3 is 0 Å². The molecule has 0 saturated heterocycles. The van der Waals surface area contributed by atoms with E-state index in [4.69, 9.17) is 0 Å². The first-order valence-electron chi connectivity index (χ1n) is 8.96. The van der Waals surface area contributed by atoms with Crippen LogP contribution in [0.3, 0.4) is 0 Å². The van der Waals surface area contributed by atoms with Gasteiger partial charge in [0.25, 0.3) is 0 Å². The van der Waals surface area contributed by atoms with Gasteiger partial charge in [-0.3, -0.25) is 0 Å². The van der Waals surface area contributed by atoms with Crippen LogP contribution < -0.4 is 0 Å². The average molecular weight is 408 g/mol. The van der Waals surface area contributed by atoms with Crippen molar-refractivity contribution in [2.75, 3.05) is 0 Å². The Morgan fingerprint density at radius 1 is 0.552 bits per heavy atom. The van der Waals surface area contributed by atoms with Gasteiger partial charge in [-0.25, -0.2) is 24.9 Å². The Hall–Kier alpha value is -2.97. The Morgan fingerprint density at radius 2 is 1.10 bits per heavy atom. The van der Waals surface area contributed by atoms with Crippen molar-refractivity contribution in [3.63, 3.8) is 0 Å². The molecule has 0 saturated carbocycles. The van der Waals surface area contributed by atoms with E-state index in [1.807, 2.05) is 55.4 Å². The summed E-state index contributed by atoms with van der Waals surface area (Å²) < 4.78 is 0. The SMILES string of the molecule is C.C.CC.CC.CC.Cc1cnncn1.Cc1nccnn1.Cc1ncncn1. The molecular weight excluding hydrogens is 366 g/mol. The number of hydrogen-bond donors (Lipinski definition) is 0. The van der Waals surface area contributed by atoms with E-state index in [9.17, 15) is 0 Å². The Balaban J connectivity index is -0.0000000853. The second kappa shape index (κ2) is 32.7. The van der Waals surface area contributed by atoms with E-state index in [1.165, 1.54) is 19.0 Å². The van der Waals surface area contributed by atoms with Crippen LogP contribution in [0.15, 0.2) is 37.6 Å². The van der Waals surface area contributed by atoms with Crippen LogP contribution in [0.5, 0.6) is 0 Å². The quantitative estimate of drug-likeness (QED) is 0.513. The average Bonchev–Trinajstić information content (AvgIpc) is 2.75. The van der Waals surface area contributed by atoms with Gasteiger partial charge in [0.1, 0.15) is 30.6 Å². The van der Waals surface area contributed by atoms with Gasteiger partial charge < -0.3 is 0 Å². The molecule has 3 aromatic rings. The third-order valence-electron chi connectivity index (χ3n) is 1.84. The zero-order chi connectivity index (χ0) is 21.3. The smallest absolute Gasteiger partial charge is 0.147 e. The van der Waals surface area contributed by atoms with Crippen molar-refractivity contribution < 1.29 is 0 Å². The van der Waals surface area contributed by atoms with Crippen LogP contribution in [0.4, 0.5) is 0 Å². The van der Waals surface area contributed by atoms with Crippen LogP contribution in [0, 0.1) is 20.8 Å². The van der Waals surface area contributed by atoms with Crippen molar-refractivity contribution in [1.82, 2.24) is 45.3 Å². The van der Waals surface area contributed by atoms with Crippen molar-refractivity contribution in [3.8, 4) is 0 Å². The molecule has 0 atom stereocenters. The van der Waals surface area contributed by atoms with Crippen LogP contribution in [0.2, 0.25) is 0 Å². The molecule has 0 aliphatic carbocycles. The second-order valence-electron chi connectivity index (χ2n) is 3.62. The number of aromatic nitrogens is 9. The van der Waals surface area contributed by atoms with Crippen molar-refractivity contribution >= 4 is 0 Å². The Morgan fingerprint density at radius 3 is 1.31 bits per heavy atom. The zero-order valence-electron chi connectivity index (χ0n) is 18.0. The summed E-state index contributed by atoms with van der Waals surface area (Å²) in [7, 11) is 0. The topological polar surface area (TPSA) is 116 Å². The second-order valence-corrected chi connectivity index (χ2v) is 3.62. The van der Waals surface area contributed by atoms with Gasteiger partial charge in [0.15, 0.2) is 0 Å². The minimum Gasteiger partial charge on any atom is -0.238 e. The third-order valence-corrected chi connectivity index (χ3v) is 1.84. The minimum atomic E-state index is 0. The summed E-state index contributed by atoms with van der Waals surface area (Å²) in [5.41, 5.74) is 0.898. The van der Waals surface area contributed by atoms with E-state index in [0.717, 1.165) is 11.5 Å². The molecular formula is C20H41N9. The Kier molecular flexibility index (Phi) is 41.6. The number of aryl methyl sites for hydroxylation is 3. The van der Waals surface area contributed by atoms with Crippen LogP contribution in [0.25, 0.3) is 0 Å². The largest absolute Gasteiger partial charge is 0.238 e. The summed E-state index contributed by atoms with van der Waals surface area (Å²) in [6.45, 7) is 17.5. The molecule has 9 heteroatoms. The lowest BCUT2D eigenvalue weighted by Gasteiger charge is -1.80. The summed E-state index contributed by atoms with van der Waals surface area (Å²) >= 11 is 0. The summed E-state index contributed by atoms with van der Waals surface area (Å²) in [5, 5.41) is 14.2. The van der Waals surface area contributed by atoms with Crippen LogP contribution in [-0.4, -0.2) is 45.3 Å². The van der Waals surface area contributed by atoms with E-state index in [0.29, 0.717) is 5.82 Å². The normalized spacial score (nSPS) is 6.93. The molecule has 3 aromatic heterocycles. The molecule has 0 aromatic carbocycles. The maximum Gasteiger partial charge on any atom is 0.147 e. The molecule has 9 nitrogen and oxygen atoms in total. The first kappa shape index (κ1) is 36.9. The highest BCUT2D eigenvalue weighted by molar-refractivity contribution is 4.84. The van der Waals surface area contributed by atoms with Crippen LogP contribution >= 0.6 is 0 Å². The fourth-order valence-corrected chi connectivity index (χ4v) is 0.908. The van der Waals surface area contributed by atoms with E-state index >= 15 is 0 Å². The zero-order valence-corrected chi connectivity index (χ0v) is 18.0. The lowest BCUT2D eigenvalue weighted by atomic mass is 10.6. The molecule has 166 valence electrons. The lowest BCUT2D eigenvalue weighted by molar-refractivity contribution is 0.907. The summed E-state index contributed by atoms with van der Waals surface area (Å²) in [4.78, 5) is 18.7.